The number of anilines is 2. The van der Waals surface area contributed by atoms with Crippen LogP contribution in [0.15, 0.2) is 48.7 Å². The fourth-order valence-corrected chi connectivity index (χ4v) is 5.78. The number of nitrogens with zero attached hydrogens (tertiary/aromatic N) is 5. The summed E-state index contributed by atoms with van der Waals surface area (Å²) in [5.41, 5.74) is -0.623. The summed E-state index contributed by atoms with van der Waals surface area (Å²) in [7, 11) is -2.29. The van der Waals surface area contributed by atoms with E-state index in [2.05, 4.69) is 10.4 Å². The van der Waals surface area contributed by atoms with Crippen molar-refractivity contribution in [3.63, 3.8) is 0 Å². The Labute approximate surface area is 226 Å². The van der Waals surface area contributed by atoms with Crippen molar-refractivity contribution in [2.45, 2.75) is 18.3 Å². The zero-order valence-electron chi connectivity index (χ0n) is 21.0. The highest BCUT2D eigenvalue weighted by atomic mass is 32.2. The van der Waals surface area contributed by atoms with Crippen molar-refractivity contribution in [2.75, 3.05) is 36.7 Å². The predicted molar refractivity (Wildman–Crippen MR) is 135 cm³/mol. The average molecular weight is 575 g/mol. The van der Waals surface area contributed by atoms with E-state index in [1.54, 1.807) is 0 Å². The summed E-state index contributed by atoms with van der Waals surface area (Å²) in [4.78, 5) is 28.1. The zero-order valence-corrected chi connectivity index (χ0v) is 21.8. The smallest absolute Gasteiger partial charge is 0.416 e. The summed E-state index contributed by atoms with van der Waals surface area (Å²) >= 11 is 0. The largest absolute Gasteiger partial charge is 0.495 e. The first-order valence-corrected chi connectivity index (χ1v) is 13.6. The number of amides is 2. The summed E-state index contributed by atoms with van der Waals surface area (Å²) in [6.45, 7) is -0.139. The van der Waals surface area contributed by atoms with Crippen molar-refractivity contribution >= 4 is 33.2 Å². The first-order chi connectivity index (χ1) is 18.8. The quantitative estimate of drug-likeness (QED) is 0.495. The number of rotatable bonds is 5. The number of aromatic nitrogens is 2. The maximum Gasteiger partial charge on any atom is 0.416 e. The van der Waals surface area contributed by atoms with Crippen LogP contribution in [0.4, 0.5) is 24.5 Å². The van der Waals surface area contributed by atoms with Gasteiger partial charge in [0.05, 0.1) is 48.5 Å². The summed E-state index contributed by atoms with van der Waals surface area (Å²) < 4.78 is 71.8. The Bertz CT molecular complexity index is 1660. The summed E-state index contributed by atoms with van der Waals surface area (Å²) in [6, 6.07) is 8.64. The molecule has 2 aliphatic rings. The van der Waals surface area contributed by atoms with Crippen molar-refractivity contribution in [3.05, 3.63) is 71.0 Å². The Morgan fingerprint density at radius 1 is 1.15 bits per heavy atom. The lowest BCUT2D eigenvalue weighted by molar-refractivity contribution is -0.137. The number of methoxy groups -OCH3 is 1. The van der Waals surface area contributed by atoms with E-state index < -0.39 is 45.7 Å². The third kappa shape index (κ3) is 4.65. The van der Waals surface area contributed by atoms with E-state index in [0.29, 0.717) is 0 Å². The summed E-state index contributed by atoms with van der Waals surface area (Å²) in [6.07, 6.45) is -2.32. The molecule has 0 spiro atoms. The van der Waals surface area contributed by atoms with Gasteiger partial charge in [-0.15, -0.1) is 0 Å². The van der Waals surface area contributed by atoms with Crippen LogP contribution >= 0.6 is 0 Å². The fraction of sp³-hybridized carbons (Fsp3) is 0.280. The van der Waals surface area contributed by atoms with Crippen LogP contribution in [0.25, 0.3) is 0 Å². The van der Waals surface area contributed by atoms with Gasteiger partial charge in [-0.1, -0.05) is 0 Å². The number of nitriles is 1. The van der Waals surface area contributed by atoms with Gasteiger partial charge in [0.15, 0.2) is 5.69 Å². The van der Waals surface area contributed by atoms with Gasteiger partial charge >= 0.3 is 6.18 Å². The number of benzene rings is 2. The minimum Gasteiger partial charge on any atom is -0.495 e. The Hall–Kier alpha value is -4.42. The minimum absolute atomic E-state index is 0.0116. The maximum atomic E-state index is 13.8. The van der Waals surface area contributed by atoms with Crippen molar-refractivity contribution in [2.24, 2.45) is 0 Å². The predicted octanol–water partition coefficient (Wildman–Crippen LogP) is 2.88. The van der Waals surface area contributed by atoms with Gasteiger partial charge in [0, 0.05) is 24.3 Å². The van der Waals surface area contributed by atoms with Gasteiger partial charge in [-0.05, 0) is 42.5 Å². The second-order valence-corrected chi connectivity index (χ2v) is 11.2. The number of hydrogen-bond donors (Lipinski definition) is 1. The maximum absolute atomic E-state index is 13.8. The van der Waals surface area contributed by atoms with E-state index in [9.17, 15) is 36.4 Å². The first kappa shape index (κ1) is 27.2. The van der Waals surface area contributed by atoms with Crippen LogP contribution in [0.2, 0.25) is 0 Å². The topological polar surface area (TPSA) is 138 Å². The van der Waals surface area contributed by atoms with Crippen LogP contribution in [0, 0.1) is 11.3 Å². The van der Waals surface area contributed by atoms with Gasteiger partial charge < -0.3 is 15.0 Å². The molecule has 11 nitrogen and oxygen atoms in total. The molecule has 1 N–H and O–H groups in total. The normalized spacial score (nSPS) is 19.1. The van der Waals surface area contributed by atoms with Crippen molar-refractivity contribution in [1.29, 1.82) is 5.26 Å². The number of carbonyl (C=O) groups excluding carboxylic acids is 2. The number of alkyl halides is 3. The molecule has 208 valence electrons. The molecular weight excluding hydrogens is 553 g/mol. The summed E-state index contributed by atoms with van der Waals surface area (Å²) in [5.74, 6) is -1.07. The van der Waals surface area contributed by atoms with Gasteiger partial charge in [-0.3, -0.25) is 14.3 Å². The zero-order chi connectivity index (χ0) is 29.0. The molecule has 2 atom stereocenters. The van der Waals surface area contributed by atoms with Crippen LogP contribution < -0.4 is 15.0 Å². The molecular formula is C25H21F3N6O5S. The molecule has 1 aromatic heterocycles. The molecule has 5 rings (SSSR count). The van der Waals surface area contributed by atoms with Gasteiger partial charge in [-0.25, -0.2) is 8.42 Å². The second-order valence-electron chi connectivity index (χ2n) is 9.27. The van der Waals surface area contributed by atoms with E-state index in [4.69, 9.17) is 4.74 Å². The van der Waals surface area contributed by atoms with Gasteiger partial charge in [0.1, 0.15) is 11.8 Å². The molecule has 2 aliphatic heterocycles. The monoisotopic (exact) mass is 574 g/mol. The number of halogens is 3. The van der Waals surface area contributed by atoms with Gasteiger partial charge in [-0.2, -0.15) is 27.8 Å². The third-order valence-corrected chi connectivity index (χ3v) is 8.10. The number of sulfonamides is 1. The lowest BCUT2D eigenvalue weighted by atomic mass is 10.0. The highest BCUT2D eigenvalue weighted by Crippen LogP contribution is 2.40. The minimum atomic E-state index is -4.59. The molecule has 40 heavy (non-hydrogen) atoms. The number of nitrogens with one attached hydrogen (secondary N) is 1. The molecule has 0 radical (unpaired) electrons. The molecule has 0 unspecified atom stereocenters. The molecule has 3 aromatic rings. The van der Waals surface area contributed by atoms with Crippen LogP contribution in [0.1, 0.15) is 38.0 Å². The molecule has 0 saturated carbocycles. The van der Waals surface area contributed by atoms with E-state index >= 15 is 0 Å². The average Bonchev–Trinajstić information content (AvgIpc) is 3.53. The Morgan fingerprint density at radius 3 is 2.42 bits per heavy atom. The van der Waals surface area contributed by atoms with Crippen molar-refractivity contribution < 1.29 is 35.9 Å². The number of hydrogen-bond acceptors (Lipinski definition) is 7. The molecule has 2 amide bonds. The SMILES string of the molecule is COc1ccc(C(=O)Nc2cnn3c2C(=O)N(c2ccc(C(F)(F)F)cc2)[C@H]2CN(S(C)(=O)=O)C[C@H]23)cc1C#N. The van der Waals surface area contributed by atoms with E-state index in [1.807, 2.05) is 6.07 Å². The van der Waals surface area contributed by atoms with Gasteiger partial charge in [0.25, 0.3) is 11.8 Å². The first-order valence-electron chi connectivity index (χ1n) is 11.8. The lowest BCUT2D eigenvalue weighted by Gasteiger charge is -2.37. The van der Waals surface area contributed by atoms with Crippen LogP contribution in [-0.4, -0.2) is 66.8 Å². The highest BCUT2D eigenvalue weighted by Gasteiger charge is 2.50. The standard InChI is InChI=1S/C25H21F3N6O5S/c1-39-21-8-3-14(9-15(21)10-29)23(35)31-18-11-30-34-20-13-32(40(2,37)38)12-19(20)33(24(36)22(18)34)17-6-4-16(5-7-17)25(26,27)28/h3-9,11,19-20H,12-13H2,1-2H3,(H,31,35)/t19-,20+/m0/s1. The number of ether oxygens (including phenoxy) is 1. The molecule has 2 aromatic carbocycles. The molecule has 1 saturated heterocycles. The van der Waals surface area contributed by atoms with E-state index in [-0.39, 0.29) is 47.0 Å². The van der Waals surface area contributed by atoms with Gasteiger partial charge in [0.2, 0.25) is 10.0 Å². The second kappa shape index (κ2) is 9.65. The molecule has 0 aliphatic carbocycles. The third-order valence-electron chi connectivity index (χ3n) is 6.86. The lowest BCUT2D eigenvalue weighted by Crippen LogP contribution is -2.51. The fourth-order valence-electron chi connectivity index (χ4n) is 4.93. The highest BCUT2D eigenvalue weighted by molar-refractivity contribution is 7.88. The Balaban J connectivity index is 1.54. The molecule has 15 heteroatoms. The van der Waals surface area contributed by atoms with Crippen molar-refractivity contribution in [1.82, 2.24) is 14.1 Å². The molecule has 3 heterocycles. The number of carbonyl (C=O) groups is 2. The van der Waals surface area contributed by atoms with Crippen LogP contribution in [0.5, 0.6) is 5.75 Å². The summed E-state index contributed by atoms with van der Waals surface area (Å²) in [5, 5.41) is 16.2. The Kier molecular flexibility index (Phi) is 6.55. The number of fused-ring (bicyclic) bond motifs is 3. The van der Waals surface area contributed by atoms with Crippen molar-refractivity contribution in [3.8, 4) is 11.8 Å². The molecule has 0 bridgehead atoms. The van der Waals surface area contributed by atoms with E-state index in [0.717, 1.165) is 30.5 Å². The Morgan fingerprint density at radius 2 is 1.82 bits per heavy atom. The van der Waals surface area contributed by atoms with Crippen LogP contribution in [0.3, 0.4) is 0 Å². The van der Waals surface area contributed by atoms with Crippen LogP contribution in [-0.2, 0) is 16.2 Å². The molecule has 1 fully saturated rings. The van der Waals surface area contributed by atoms with E-state index in [1.165, 1.54) is 45.4 Å².